The highest BCUT2D eigenvalue weighted by Crippen LogP contribution is 2.11. The standard InChI is InChI=1S/C13H18N2O2S/c1-3-11(12(14)18)13(16)15-8-9-4-6-10(17-2)7-5-9/h4-7,11H,3,8H2,1-2H3,(H2,14,18)(H,15,16). The van der Waals surface area contributed by atoms with Crippen LogP contribution < -0.4 is 15.8 Å². The van der Waals surface area contributed by atoms with Crippen molar-refractivity contribution in [2.75, 3.05) is 7.11 Å². The highest BCUT2D eigenvalue weighted by molar-refractivity contribution is 7.80. The topological polar surface area (TPSA) is 64.3 Å². The van der Waals surface area contributed by atoms with E-state index in [2.05, 4.69) is 5.32 Å². The zero-order valence-electron chi connectivity index (χ0n) is 10.6. The van der Waals surface area contributed by atoms with Gasteiger partial charge in [0.25, 0.3) is 0 Å². The van der Waals surface area contributed by atoms with Crippen LogP contribution in [-0.4, -0.2) is 18.0 Å². The summed E-state index contributed by atoms with van der Waals surface area (Å²) in [7, 11) is 1.62. The fourth-order valence-corrected chi connectivity index (χ4v) is 1.85. The van der Waals surface area contributed by atoms with Crippen LogP contribution in [0.2, 0.25) is 0 Å². The summed E-state index contributed by atoms with van der Waals surface area (Å²) in [5.74, 6) is 0.277. The van der Waals surface area contributed by atoms with Gasteiger partial charge in [-0.2, -0.15) is 0 Å². The lowest BCUT2D eigenvalue weighted by Gasteiger charge is -2.13. The molecule has 0 saturated heterocycles. The van der Waals surface area contributed by atoms with Crippen LogP contribution in [0, 0.1) is 5.92 Å². The molecular weight excluding hydrogens is 248 g/mol. The summed E-state index contributed by atoms with van der Waals surface area (Å²) in [6, 6.07) is 7.51. The first-order valence-corrected chi connectivity index (χ1v) is 6.19. The summed E-state index contributed by atoms with van der Waals surface area (Å²) in [5.41, 5.74) is 6.51. The van der Waals surface area contributed by atoms with Gasteiger partial charge in [0.2, 0.25) is 5.91 Å². The van der Waals surface area contributed by atoms with Crippen molar-refractivity contribution >= 4 is 23.1 Å². The molecule has 0 fully saturated rings. The van der Waals surface area contributed by atoms with Gasteiger partial charge in [0.05, 0.1) is 18.0 Å². The molecule has 1 aromatic rings. The lowest BCUT2D eigenvalue weighted by Crippen LogP contribution is -2.37. The van der Waals surface area contributed by atoms with Crippen LogP contribution in [0.5, 0.6) is 5.75 Å². The van der Waals surface area contributed by atoms with Gasteiger partial charge in [0.15, 0.2) is 0 Å². The van der Waals surface area contributed by atoms with Crippen molar-refractivity contribution < 1.29 is 9.53 Å². The van der Waals surface area contributed by atoms with Crippen LogP contribution >= 0.6 is 12.2 Å². The van der Waals surface area contributed by atoms with Gasteiger partial charge >= 0.3 is 0 Å². The first-order valence-electron chi connectivity index (χ1n) is 5.78. The monoisotopic (exact) mass is 266 g/mol. The normalized spacial score (nSPS) is 11.7. The molecule has 3 N–H and O–H groups in total. The average Bonchev–Trinajstić information content (AvgIpc) is 2.37. The number of benzene rings is 1. The zero-order valence-corrected chi connectivity index (χ0v) is 11.4. The Morgan fingerprint density at radius 1 is 1.44 bits per heavy atom. The Bertz CT molecular complexity index is 418. The molecule has 0 radical (unpaired) electrons. The maximum absolute atomic E-state index is 11.8. The van der Waals surface area contributed by atoms with Gasteiger partial charge in [-0.25, -0.2) is 0 Å². The summed E-state index contributed by atoms with van der Waals surface area (Å²) in [6.45, 7) is 2.35. The number of rotatable bonds is 6. The molecule has 0 saturated carbocycles. The van der Waals surface area contributed by atoms with E-state index in [4.69, 9.17) is 22.7 Å². The summed E-state index contributed by atoms with van der Waals surface area (Å²) in [5, 5.41) is 2.82. The van der Waals surface area contributed by atoms with E-state index in [0.29, 0.717) is 13.0 Å². The fourth-order valence-electron chi connectivity index (χ4n) is 1.57. The smallest absolute Gasteiger partial charge is 0.230 e. The van der Waals surface area contributed by atoms with Crippen molar-refractivity contribution in [2.24, 2.45) is 11.7 Å². The molecular formula is C13H18N2O2S. The van der Waals surface area contributed by atoms with Crippen LogP contribution in [-0.2, 0) is 11.3 Å². The molecule has 5 heteroatoms. The molecule has 0 aliphatic rings. The zero-order chi connectivity index (χ0) is 13.5. The van der Waals surface area contributed by atoms with Gasteiger partial charge in [-0.1, -0.05) is 31.3 Å². The Hall–Kier alpha value is -1.62. The summed E-state index contributed by atoms with van der Waals surface area (Å²) < 4.78 is 5.06. The third-order valence-electron chi connectivity index (χ3n) is 2.69. The van der Waals surface area contributed by atoms with Gasteiger partial charge in [0.1, 0.15) is 5.75 Å². The molecule has 1 rings (SSSR count). The van der Waals surface area contributed by atoms with Gasteiger partial charge in [-0.15, -0.1) is 0 Å². The molecule has 0 bridgehead atoms. The van der Waals surface area contributed by atoms with Crippen molar-refractivity contribution in [1.29, 1.82) is 0 Å². The SMILES string of the molecule is CCC(C(=O)NCc1ccc(OC)cc1)C(N)=S. The molecule has 1 unspecified atom stereocenters. The molecule has 0 heterocycles. The predicted molar refractivity (Wildman–Crippen MR) is 75.4 cm³/mol. The first kappa shape index (κ1) is 14.4. The summed E-state index contributed by atoms with van der Waals surface area (Å²) in [4.78, 5) is 12.0. The minimum absolute atomic E-state index is 0.124. The Labute approximate surface area is 113 Å². The number of hydrogen-bond acceptors (Lipinski definition) is 3. The van der Waals surface area contributed by atoms with Crippen LogP contribution in [0.1, 0.15) is 18.9 Å². The minimum Gasteiger partial charge on any atom is -0.497 e. The van der Waals surface area contributed by atoms with Crippen molar-refractivity contribution in [1.82, 2.24) is 5.32 Å². The van der Waals surface area contributed by atoms with Gasteiger partial charge in [0, 0.05) is 6.54 Å². The first-order chi connectivity index (χ1) is 8.58. The number of thiocarbonyl (C=S) groups is 1. The van der Waals surface area contributed by atoms with E-state index in [9.17, 15) is 4.79 Å². The number of carbonyl (C=O) groups excluding carboxylic acids is 1. The lowest BCUT2D eigenvalue weighted by atomic mass is 10.1. The number of carbonyl (C=O) groups is 1. The second kappa shape index (κ2) is 6.96. The minimum atomic E-state index is -0.391. The molecule has 1 aromatic carbocycles. The highest BCUT2D eigenvalue weighted by atomic mass is 32.1. The van der Waals surface area contributed by atoms with E-state index in [1.54, 1.807) is 7.11 Å². The number of methoxy groups -OCH3 is 1. The molecule has 18 heavy (non-hydrogen) atoms. The van der Waals surface area contributed by atoms with Crippen LogP contribution in [0.25, 0.3) is 0 Å². The summed E-state index contributed by atoms with van der Waals surface area (Å²) in [6.07, 6.45) is 0.615. The van der Waals surface area contributed by atoms with Gasteiger partial charge in [-0.3, -0.25) is 4.79 Å². The molecule has 0 aliphatic heterocycles. The van der Waals surface area contributed by atoms with E-state index < -0.39 is 5.92 Å². The maximum Gasteiger partial charge on any atom is 0.230 e. The maximum atomic E-state index is 11.8. The predicted octanol–water partition coefficient (Wildman–Crippen LogP) is 1.62. The van der Waals surface area contributed by atoms with Gasteiger partial charge in [-0.05, 0) is 24.1 Å². The average molecular weight is 266 g/mol. The quantitative estimate of drug-likeness (QED) is 0.768. The highest BCUT2D eigenvalue weighted by Gasteiger charge is 2.18. The Morgan fingerprint density at radius 2 is 2.06 bits per heavy atom. The number of nitrogens with one attached hydrogen (secondary N) is 1. The second-order valence-electron chi connectivity index (χ2n) is 3.93. The Kier molecular flexibility index (Phi) is 5.58. The Morgan fingerprint density at radius 3 is 2.50 bits per heavy atom. The summed E-state index contributed by atoms with van der Waals surface area (Å²) >= 11 is 4.86. The fraction of sp³-hybridized carbons (Fsp3) is 0.385. The van der Waals surface area contributed by atoms with E-state index in [0.717, 1.165) is 11.3 Å². The number of ether oxygens (including phenoxy) is 1. The number of hydrogen-bond donors (Lipinski definition) is 2. The lowest BCUT2D eigenvalue weighted by molar-refractivity contribution is -0.123. The number of nitrogens with two attached hydrogens (primary N) is 1. The van der Waals surface area contributed by atoms with Crippen molar-refractivity contribution in [3.63, 3.8) is 0 Å². The van der Waals surface area contributed by atoms with Crippen molar-refractivity contribution in [2.45, 2.75) is 19.9 Å². The second-order valence-corrected chi connectivity index (χ2v) is 4.40. The molecule has 1 amide bonds. The van der Waals surface area contributed by atoms with Gasteiger partial charge < -0.3 is 15.8 Å². The molecule has 4 nitrogen and oxygen atoms in total. The van der Waals surface area contributed by atoms with Crippen molar-refractivity contribution in [3.05, 3.63) is 29.8 Å². The van der Waals surface area contributed by atoms with Crippen LogP contribution in [0.15, 0.2) is 24.3 Å². The van der Waals surface area contributed by atoms with E-state index in [-0.39, 0.29) is 10.9 Å². The largest absolute Gasteiger partial charge is 0.497 e. The van der Waals surface area contributed by atoms with Crippen LogP contribution in [0.3, 0.4) is 0 Å². The van der Waals surface area contributed by atoms with E-state index in [1.165, 1.54) is 0 Å². The third kappa shape index (κ3) is 4.00. The molecule has 98 valence electrons. The molecule has 0 aromatic heterocycles. The van der Waals surface area contributed by atoms with Crippen molar-refractivity contribution in [3.8, 4) is 5.75 Å². The third-order valence-corrected chi connectivity index (χ3v) is 2.98. The van der Waals surface area contributed by atoms with E-state index >= 15 is 0 Å². The molecule has 0 spiro atoms. The van der Waals surface area contributed by atoms with Crippen LogP contribution in [0.4, 0.5) is 0 Å². The number of amides is 1. The molecule has 1 atom stereocenters. The van der Waals surface area contributed by atoms with E-state index in [1.807, 2.05) is 31.2 Å². The molecule has 0 aliphatic carbocycles. The Balaban J connectivity index is 2.53.